The number of amides is 1. The molecule has 1 amide bonds. The van der Waals surface area contributed by atoms with E-state index >= 15 is 0 Å². The second-order valence-electron chi connectivity index (χ2n) is 9.62. The molecule has 5 atom stereocenters. The first-order valence-electron chi connectivity index (χ1n) is 11.6. The summed E-state index contributed by atoms with van der Waals surface area (Å²) in [6, 6.07) is 1.42. The van der Waals surface area contributed by atoms with Gasteiger partial charge in [0.05, 0.1) is 29.8 Å². The Morgan fingerprint density at radius 1 is 1.36 bits per heavy atom. The molecule has 3 fully saturated rings. The maximum absolute atomic E-state index is 13.8. The van der Waals surface area contributed by atoms with E-state index in [2.05, 4.69) is 10.3 Å². The highest BCUT2D eigenvalue weighted by Crippen LogP contribution is 2.49. The molecule has 0 spiro atoms. The minimum atomic E-state index is -4.45. The number of methoxy groups -OCH3 is 1. The van der Waals surface area contributed by atoms with Gasteiger partial charge in [-0.15, -0.1) is 0 Å². The van der Waals surface area contributed by atoms with Crippen molar-refractivity contribution in [2.24, 2.45) is 5.41 Å². The molecule has 10 heteroatoms. The van der Waals surface area contributed by atoms with Crippen LogP contribution in [-0.2, 0) is 38.1 Å². The summed E-state index contributed by atoms with van der Waals surface area (Å²) in [5.41, 5.74) is -0.281. The fraction of sp³-hybridized carbons (Fsp3) is 0.739. The third kappa shape index (κ3) is 4.26. The normalized spacial score (nSPS) is 34.2. The Kier molecular flexibility index (Phi) is 6.13. The quantitative estimate of drug-likeness (QED) is 0.730. The van der Waals surface area contributed by atoms with Crippen molar-refractivity contribution in [3.8, 4) is 0 Å². The van der Waals surface area contributed by atoms with E-state index in [9.17, 15) is 18.0 Å². The standard InChI is InChI=1S/C23H30F3N3O4/c1-31-19-13-32-6-3-18(19)28-16-9-20-22(10-16,4-7-33-20)21(30)29-5-2-17-14(12-29)8-15(11-27-17)23(24,25)26/h8,11,16,18-20,28H,2-7,9-10,12-13H2,1H3/t16-,18+,19?,20-,22-/m1/s1. The predicted octanol–water partition coefficient (Wildman–Crippen LogP) is 2.32. The van der Waals surface area contributed by atoms with E-state index in [0.717, 1.165) is 25.1 Å². The van der Waals surface area contributed by atoms with Crippen molar-refractivity contribution in [3.05, 3.63) is 29.1 Å². The zero-order valence-electron chi connectivity index (χ0n) is 18.7. The topological polar surface area (TPSA) is 72.9 Å². The van der Waals surface area contributed by atoms with Gasteiger partial charge < -0.3 is 24.4 Å². The van der Waals surface area contributed by atoms with Gasteiger partial charge in [-0.25, -0.2) is 0 Å². The lowest BCUT2D eigenvalue weighted by Gasteiger charge is -2.37. The van der Waals surface area contributed by atoms with Crippen LogP contribution in [0.2, 0.25) is 0 Å². The van der Waals surface area contributed by atoms with Gasteiger partial charge >= 0.3 is 6.18 Å². The third-order valence-electron chi connectivity index (χ3n) is 7.73. The lowest BCUT2D eigenvalue weighted by atomic mass is 9.80. The van der Waals surface area contributed by atoms with E-state index in [4.69, 9.17) is 14.2 Å². The van der Waals surface area contributed by atoms with E-state index in [0.29, 0.717) is 56.9 Å². The van der Waals surface area contributed by atoms with Crippen LogP contribution in [0.1, 0.15) is 42.5 Å². The average Bonchev–Trinajstić information content (AvgIpc) is 3.35. The summed E-state index contributed by atoms with van der Waals surface area (Å²) in [4.78, 5) is 19.5. The zero-order chi connectivity index (χ0) is 23.2. The molecule has 0 radical (unpaired) electrons. The molecule has 7 nitrogen and oxygen atoms in total. The SMILES string of the molecule is COC1COCC[C@@H]1N[C@@H]1C[C@H]2OCC[C@@]2(C(=O)N2CCc3ncc(C(F)(F)F)cc3C2)C1. The molecule has 0 bridgehead atoms. The average molecular weight is 470 g/mol. The van der Waals surface area contributed by atoms with Gasteiger partial charge in [0, 0.05) is 63.8 Å². The van der Waals surface area contributed by atoms with Crippen molar-refractivity contribution in [2.75, 3.05) is 33.5 Å². The van der Waals surface area contributed by atoms with Crippen molar-refractivity contribution in [1.29, 1.82) is 0 Å². The van der Waals surface area contributed by atoms with E-state index in [-0.39, 0.29) is 36.7 Å². The number of alkyl halides is 3. The molecule has 33 heavy (non-hydrogen) atoms. The maximum atomic E-state index is 13.8. The molecule has 4 aliphatic rings. The van der Waals surface area contributed by atoms with Crippen LogP contribution in [0.4, 0.5) is 13.2 Å². The smallest absolute Gasteiger partial charge is 0.379 e. The second kappa shape index (κ2) is 8.79. The van der Waals surface area contributed by atoms with Crippen LogP contribution in [0.25, 0.3) is 0 Å². The van der Waals surface area contributed by atoms with E-state index in [1.807, 2.05) is 0 Å². The van der Waals surface area contributed by atoms with Crippen molar-refractivity contribution >= 4 is 5.91 Å². The Bertz CT molecular complexity index is 898. The molecular formula is C23H30F3N3O4. The summed E-state index contributed by atoms with van der Waals surface area (Å²) in [6.07, 6.45) is -0.430. The minimum Gasteiger partial charge on any atom is -0.379 e. The number of carbonyl (C=O) groups is 1. The van der Waals surface area contributed by atoms with Gasteiger partial charge in [0.1, 0.15) is 0 Å². The Morgan fingerprint density at radius 2 is 2.21 bits per heavy atom. The molecule has 1 aromatic rings. The van der Waals surface area contributed by atoms with Gasteiger partial charge in [0.2, 0.25) is 5.91 Å². The molecule has 1 unspecified atom stereocenters. The molecule has 1 saturated carbocycles. The summed E-state index contributed by atoms with van der Waals surface area (Å²) in [7, 11) is 1.68. The van der Waals surface area contributed by atoms with E-state index in [1.54, 1.807) is 12.0 Å². The molecule has 1 aromatic heterocycles. The zero-order valence-corrected chi connectivity index (χ0v) is 18.7. The lowest BCUT2D eigenvalue weighted by Crippen LogP contribution is -2.51. The second-order valence-corrected chi connectivity index (χ2v) is 9.62. The minimum absolute atomic E-state index is 0.00682. The predicted molar refractivity (Wildman–Crippen MR) is 111 cm³/mol. The molecule has 5 rings (SSSR count). The van der Waals surface area contributed by atoms with Crippen LogP contribution >= 0.6 is 0 Å². The number of nitrogens with zero attached hydrogens (tertiary/aromatic N) is 2. The summed E-state index contributed by atoms with van der Waals surface area (Å²) in [5.74, 6) is -0.00682. The van der Waals surface area contributed by atoms with Crippen LogP contribution in [0.15, 0.2) is 12.3 Å². The molecule has 0 aromatic carbocycles. The number of hydrogen-bond donors (Lipinski definition) is 1. The molecule has 4 heterocycles. The number of nitrogens with one attached hydrogen (secondary N) is 1. The molecule has 2 saturated heterocycles. The van der Waals surface area contributed by atoms with Gasteiger partial charge in [-0.2, -0.15) is 13.2 Å². The van der Waals surface area contributed by atoms with Gasteiger partial charge in [0.15, 0.2) is 0 Å². The highest BCUT2D eigenvalue weighted by atomic mass is 19.4. The summed E-state index contributed by atoms with van der Waals surface area (Å²) in [6.45, 7) is 2.37. The number of halogens is 3. The van der Waals surface area contributed by atoms with Gasteiger partial charge in [-0.05, 0) is 37.3 Å². The number of ether oxygens (including phenoxy) is 3. The molecule has 182 valence electrons. The number of rotatable bonds is 4. The third-order valence-corrected chi connectivity index (χ3v) is 7.73. The Hall–Kier alpha value is -1.75. The van der Waals surface area contributed by atoms with Crippen LogP contribution in [0.3, 0.4) is 0 Å². The first-order chi connectivity index (χ1) is 15.8. The number of fused-ring (bicyclic) bond motifs is 2. The van der Waals surface area contributed by atoms with E-state index in [1.165, 1.54) is 0 Å². The number of aromatic nitrogens is 1. The summed E-state index contributed by atoms with van der Waals surface area (Å²) >= 11 is 0. The molecule has 3 aliphatic heterocycles. The largest absolute Gasteiger partial charge is 0.417 e. The number of pyridine rings is 1. The maximum Gasteiger partial charge on any atom is 0.417 e. The highest BCUT2D eigenvalue weighted by molar-refractivity contribution is 5.84. The van der Waals surface area contributed by atoms with Crippen molar-refractivity contribution in [3.63, 3.8) is 0 Å². The Balaban J connectivity index is 1.31. The monoisotopic (exact) mass is 469 g/mol. The van der Waals surface area contributed by atoms with Crippen LogP contribution in [-0.4, -0.2) is 73.6 Å². The first kappa shape index (κ1) is 23.0. The van der Waals surface area contributed by atoms with Crippen molar-refractivity contribution < 1.29 is 32.2 Å². The van der Waals surface area contributed by atoms with Gasteiger partial charge in [0.25, 0.3) is 0 Å². The summed E-state index contributed by atoms with van der Waals surface area (Å²) in [5, 5.41) is 3.68. The van der Waals surface area contributed by atoms with Crippen LogP contribution in [0, 0.1) is 5.41 Å². The number of carbonyl (C=O) groups excluding carboxylic acids is 1. The summed E-state index contributed by atoms with van der Waals surface area (Å²) < 4.78 is 56.6. The van der Waals surface area contributed by atoms with Crippen molar-refractivity contribution in [1.82, 2.24) is 15.2 Å². The van der Waals surface area contributed by atoms with Crippen LogP contribution < -0.4 is 5.32 Å². The highest BCUT2D eigenvalue weighted by Gasteiger charge is 2.58. The number of hydrogen-bond acceptors (Lipinski definition) is 6. The fourth-order valence-corrected chi connectivity index (χ4v) is 5.98. The van der Waals surface area contributed by atoms with Crippen LogP contribution in [0.5, 0.6) is 0 Å². The lowest BCUT2D eigenvalue weighted by molar-refractivity contribution is -0.145. The molecular weight excluding hydrogens is 439 g/mol. The Labute approximate surface area is 191 Å². The first-order valence-corrected chi connectivity index (χ1v) is 11.6. The molecule has 1 aliphatic carbocycles. The van der Waals surface area contributed by atoms with Gasteiger partial charge in [-0.3, -0.25) is 9.78 Å². The molecule has 1 N–H and O–H groups in total. The van der Waals surface area contributed by atoms with E-state index < -0.39 is 17.2 Å². The van der Waals surface area contributed by atoms with Crippen molar-refractivity contribution in [2.45, 2.75) is 69.1 Å². The fourth-order valence-electron chi connectivity index (χ4n) is 5.98. The van der Waals surface area contributed by atoms with Gasteiger partial charge in [-0.1, -0.05) is 0 Å². The Morgan fingerprint density at radius 3 is 3.00 bits per heavy atom.